The Kier molecular flexibility index (Phi) is 1.30. The number of nitrogens with two attached hydrogens (primary N) is 4. The molecule has 1 aliphatic heterocycles. The highest BCUT2D eigenvalue weighted by molar-refractivity contribution is 6.05. The molecule has 0 amide bonds. The Balaban J connectivity index is 3.15. The first-order valence-electron chi connectivity index (χ1n) is 2.72. The van der Waals surface area contributed by atoms with Crippen LogP contribution in [0.1, 0.15) is 0 Å². The Morgan fingerprint density at radius 1 is 0.909 bits per heavy atom. The molecule has 7 nitrogen and oxygen atoms in total. The summed E-state index contributed by atoms with van der Waals surface area (Å²) >= 11 is 0. The Labute approximate surface area is 61.6 Å². The minimum atomic E-state index is -2.13. The van der Waals surface area contributed by atoms with E-state index in [1.54, 1.807) is 0 Å². The smallest absolute Gasteiger partial charge is 0.352 e. The maximum atomic E-state index is 10.7. The molecule has 1 aliphatic rings. The van der Waals surface area contributed by atoms with Gasteiger partial charge >= 0.3 is 11.9 Å². The number of ether oxygens (including phenoxy) is 1. The Morgan fingerprint density at radius 2 is 1.18 bits per heavy atom. The Bertz CT molecular complexity index is 209. The molecule has 1 rings (SSSR count). The number of hydrogen-bond acceptors (Lipinski definition) is 7. The number of rotatable bonds is 0. The lowest BCUT2D eigenvalue weighted by atomic mass is 10.00. The van der Waals surface area contributed by atoms with E-state index in [0.717, 1.165) is 0 Å². The highest BCUT2D eigenvalue weighted by Gasteiger charge is 2.61. The third kappa shape index (κ3) is 0.761. The van der Waals surface area contributed by atoms with Crippen LogP contribution in [0.15, 0.2) is 0 Å². The molecule has 0 saturated carbocycles. The van der Waals surface area contributed by atoms with E-state index in [1.165, 1.54) is 0 Å². The van der Waals surface area contributed by atoms with Gasteiger partial charge in [-0.25, -0.2) is 9.59 Å². The number of hydrogen-bond donors (Lipinski definition) is 4. The summed E-state index contributed by atoms with van der Waals surface area (Å²) in [4.78, 5) is 21.3. The lowest BCUT2D eigenvalue weighted by molar-refractivity contribution is -0.154. The van der Waals surface area contributed by atoms with Crippen molar-refractivity contribution in [2.24, 2.45) is 22.9 Å². The second-order valence-electron chi connectivity index (χ2n) is 2.42. The van der Waals surface area contributed by atoms with Crippen LogP contribution in [-0.2, 0) is 14.3 Å². The number of carbonyl (C=O) groups excluding carboxylic acids is 2. The van der Waals surface area contributed by atoms with Crippen molar-refractivity contribution in [3.63, 3.8) is 0 Å². The summed E-state index contributed by atoms with van der Waals surface area (Å²) in [7, 11) is 0. The fourth-order valence-corrected chi connectivity index (χ4v) is 0.591. The molecular weight excluding hydrogens is 152 g/mol. The van der Waals surface area contributed by atoms with Crippen LogP contribution in [0.25, 0.3) is 0 Å². The lowest BCUT2D eigenvalue weighted by Gasteiger charge is -2.25. The molecular formula is C4H8N4O3. The lowest BCUT2D eigenvalue weighted by Crippen LogP contribution is -2.78. The van der Waals surface area contributed by atoms with Gasteiger partial charge in [0.25, 0.3) is 0 Å². The zero-order valence-electron chi connectivity index (χ0n) is 5.53. The number of esters is 2. The Morgan fingerprint density at radius 3 is 1.27 bits per heavy atom. The molecule has 0 aromatic heterocycles. The quantitative estimate of drug-likeness (QED) is 0.162. The third-order valence-corrected chi connectivity index (χ3v) is 1.55. The minimum absolute atomic E-state index is 1.12. The van der Waals surface area contributed by atoms with Gasteiger partial charge in [-0.15, -0.1) is 0 Å². The molecule has 0 atom stereocenters. The molecule has 11 heavy (non-hydrogen) atoms. The summed E-state index contributed by atoms with van der Waals surface area (Å²) in [5, 5.41) is 0. The van der Waals surface area contributed by atoms with E-state index in [0.29, 0.717) is 0 Å². The highest BCUT2D eigenvalue weighted by atomic mass is 16.6. The molecule has 0 spiro atoms. The number of cyclic esters (lactones) is 2. The topological polar surface area (TPSA) is 147 Å². The average Bonchev–Trinajstić information content (AvgIpc) is 1.95. The molecule has 0 bridgehead atoms. The second-order valence-corrected chi connectivity index (χ2v) is 2.42. The molecule has 0 unspecified atom stereocenters. The zero-order valence-corrected chi connectivity index (χ0v) is 5.53. The normalized spacial score (nSPS) is 26.9. The van der Waals surface area contributed by atoms with E-state index < -0.39 is 23.3 Å². The van der Waals surface area contributed by atoms with E-state index in [1.807, 2.05) is 0 Å². The Hall–Kier alpha value is -1.02. The van der Waals surface area contributed by atoms with Crippen molar-refractivity contribution in [2.45, 2.75) is 11.3 Å². The van der Waals surface area contributed by atoms with Gasteiger partial charge in [0.15, 0.2) is 0 Å². The summed E-state index contributed by atoms with van der Waals surface area (Å²) in [5.74, 6) is -2.24. The van der Waals surface area contributed by atoms with Crippen LogP contribution in [0.4, 0.5) is 0 Å². The fourth-order valence-electron chi connectivity index (χ4n) is 0.591. The molecule has 62 valence electrons. The molecule has 1 saturated heterocycles. The van der Waals surface area contributed by atoms with Crippen LogP contribution in [0.3, 0.4) is 0 Å². The maximum absolute atomic E-state index is 10.7. The molecule has 0 radical (unpaired) electrons. The van der Waals surface area contributed by atoms with E-state index >= 15 is 0 Å². The predicted molar refractivity (Wildman–Crippen MR) is 33.3 cm³/mol. The van der Waals surface area contributed by atoms with Gasteiger partial charge in [-0.05, 0) is 0 Å². The maximum Gasteiger partial charge on any atom is 0.352 e. The van der Waals surface area contributed by atoms with Gasteiger partial charge < -0.3 is 27.7 Å². The van der Waals surface area contributed by atoms with Crippen molar-refractivity contribution in [1.82, 2.24) is 0 Å². The van der Waals surface area contributed by atoms with E-state index in [2.05, 4.69) is 4.74 Å². The minimum Gasteiger partial charge on any atom is -0.388 e. The van der Waals surface area contributed by atoms with Crippen molar-refractivity contribution in [3.05, 3.63) is 0 Å². The van der Waals surface area contributed by atoms with Gasteiger partial charge in [0, 0.05) is 0 Å². The van der Waals surface area contributed by atoms with Crippen molar-refractivity contribution in [1.29, 1.82) is 0 Å². The summed E-state index contributed by atoms with van der Waals surface area (Å²) in [6.45, 7) is 0. The van der Waals surface area contributed by atoms with Gasteiger partial charge in [-0.2, -0.15) is 0 Å². The first kappa shape index (κ1) is 8.08. The summed E-state index contributed by atoms with van der Waals surface area (Å²) in [6.07, 6.45) is 0. The summed E-state index contributed by atoms with van der Waals surface area (Å²) in [5.41, 5.74) is 16.2. The number of carbonyl (C=O) groups is 2. The van der Waals surface area contributed by atoms with Crippen molar-refractivity contribution in [3.8, 4) is 0 Å². The SMILES string of the molecule is NC1(N)C(=O)OC(=O)C1(N)N. The molecule has 0 aliphatic carbocycles. The van der Waals surface area contributed by atoms with Crippen molar-refractivity contribution in [2.75, 3.05) is 0 Å². The summed E-state index contributed by atoms with van der Waals surface area (Å²) < 4.78 is 4.01. The predicted octanol–water partition coefficient (Wildman–Crippen LogP) is -3.70. The molecule has 1 fully saturated rings. The molecule has 7 heteroatoms. The van der Waals surface area contributed by atoms with E-state index in [4.69, 9.17) is 22.9 Å². The van der Waals surface area contributed by atoms with Crippen LogP contribution in [0.5, 0.6) is 0 Å². The first-order valence-corrected chi connectivity index (χ1v) is 2.72. The third-order valence-electron chi connectivity index (χ3n) is 1.55. The average molecular weight is 160 g/mol. The first-order chi connectivity index (χ1) is 4.80. The van der Waals surface area contributed by atoms with Gasteiger partial charge in [0.1, 0.15) is 0 Å². The van der Waals surface area contributed by atoms with Crippen molar-refractivity contribution < 1.29 is 14.3 Å². The van der Waals surface area contributed by atoms with Crippen molar-refractivity contribution >= 4 is 11.9 Å². The van der Waals surface area contributed by atoms with Gasteiger partial charge in [0.2, 0.25) is 11.3 Å². The molecule has 1 heterocycles. The molecule has 0 aromatic carbocycles. The summed E-state index contributed by atoms with van der Waals surface area (Å²) in [6, 6.07) is 0. The van der Waals surface area contributed by atoms with Crippen LogP contribution in [0, 0.1) is 0 Å². The van der Waals surface area contributed by atoms with Crippen LogP contribution >= 0.6 is 0 Å². The standard InChI is InChI=1S/C4H8N4O3/c5-3(6)1(9)11-2(10)4(3,7)8/h5-8H2. The van der Waals surface area contributed by atoms with E-state index in [-0.39, 0.29) is 0 Å². The molecule has 8 N–H and O–H groups in total. The molecule has 0 aromatic rings. The van der Waals surface area contributed by atoms with Crippen LogP contribution in [0.2, 0.25) is 0 Å². The van der Waals surface area contributed by atoms with E-state index in [9.17, 15) is 9.59 Å². The van der Waals surface area contributed by atoms with Gasteiger partial charge in [-0.1, -0.05) is 0 Å². The highest BCUT2D eigenvalue weighted by Crippen LogP contribution is 2.17. The van der Waals surface area contributed by atoms with Gasteiger partial charge in [-0.3, -0.25) is 0 Å². The largest absolute Gasteiger partial charge is 0.388 e. The second kappa shape index (κ2) is 1.77. The fraction of sp³-hybridized carbons (Fsp3) is 0.500. The monoisotopic (exact) mass is 160 g/mol. The zero-order chi connectivity index (χ0) is 8.86. The van der Waals surface area contributed by atoms with Crippen LogP contribution < -0.4 is 22.9 Å². The van der Waals surface area contributed by atoms with Crippen LogP contribution in [-0.4, -0.2) is 23.3 Å². The van der Waals surface area contributed by atoms with Gasteiger partial charge in [0.05, 0.1) is 0 Å².